The molecule has 1 aromatic rings. The highest BCUT2D eigenvalue weighted by molar-refractivity contribution is 5.19. The fourth-order valence-electron chi connectivity index (χ4n) is 2.05. The Balaban J connectivity index is 2.05. The van der Waals surface area contributed by atoms with Crippen molar-refractivity contribution in [3.05, 3.63) is 35.4 Å². The van der Waals surface area contributed by atoms with Gasteiger partial charge in [-0.25, -0.2) is 8.78 Å². The maximum absolute atomic E-state index is 13.5. The largest absolute Gasteiger partial charge is 0.377 e. The van der Waals surface area contributed by atoms with E-state index in [0.29, 0.717) is 18.7 Å². The van der Waals surface area contributed by atoms with Crippen molar-refractivity contribution in [1.82, 2.24) is 5.32 Å². The van der Waals surface area contributed by atoms with Gasteiger partial charge < -0.3 is 10.1 Å². The molecular formula is C13H17F2NO. The van der Waals surface area contributed by atoms with Crippen LogP contribution in [0.25, 0.3) is 0 Å². The number of hydrogen-bond acceptors (Lipinski definition) is 2. The van der Waals surface area contributed by atoms with Crippen LogP contribution in [0, 0.1) is 11.6 Å². The fourth-order valence-corrected chi connectivity index (χ4v) is 2.05. The highest BCUT2D eigenvalue weighted by Gasteiger charge is 2.36. The molecule has 0 aromatic heterocycles. The van der Waals surface area contributed by atoms with Crippen molar-refractivity contribution in [2.75, 3.05) is 6.61 Å². The minimum absolute atomic E-state index is 0.0825. The van der Waals surface area contributed by atoms with Gasteiger partial charge >= 0.3 is 0 Å². The second-order valence-corrected chi connectivity index (χ2v) is 4.75. The summed E-state index contributed by atoms with van der Waals surface area (Å²) in [5.74, 6) is -1.57. The topological polar surface area (TPSA) is 21.3 Å². The average molecular weight is 241 g/mol. The van der Waals surface area contributed by atoms with Gasteiger partial charge in [0.05, 0.1) is 6.10 Å². The standard InChI is InChI=1S/C13H17F2NO/c1-9-13(2,6-7-17-9)16-8-10-4-3-5-11(14)12(10)15/h3-5,9,16H,6-8H2,1-2H3. The van der Waals surface area contributed by atoms with E-state index < -0.39 is 11.6 Å². The van der Waals surface area contributed by atoms with Crippen LogP contribution in [-0.4, -0.2) is 18.2 Å². The molecule has 2 unspecified atom stereocenters. The van der Waals surface area contributed by atoms with Crippen LogP contribution in [0.1, 0.15) is 25.8 Å². The number of rotatable bonds is 3. The minimum Gasteiger partial charge on any atom is -0.377 e. The molecular weight excluding hydrogens is 224 g/mol. The van der Waals surface area contributed by atoms with Crippen molar-refractivity contribution in [3.63, 3.8) is 0 Å². The van der Waals surface area contributed by atoms with Gasteiger partial charge in [0.2, 0.25) is 0 Å². The second kappa shape index (κ2) is 4.70. The number of hydrogen-bond donors (Lipinski definition) is 1. The van der Waals surface area contributed by atoms with E-state index in [-0.39, 0.29) is 11.6 Å². The summed E-state index contributed by atoms with van der Waals surface area (Å²) in [5.41, 5.74) is 0.184. The smallest absolute Gasteiger partial charge is 0.163 e. The Hall–Kier alpha value is -1.00. The van der Waals surface area contributed by atoms with E-state index in [2.05, 4.69) is 5.32 Å². The number of ether oxygens (including phenoxy) is 1. The predicted molar refractivity (Wildman–Crippen MR) is 61.6 cm³/mol. The molecule has 0 spiro atoms. The Morgan fingerprint density at radius 3 is 2.88 bits per heavy atom. The van der Waals surface area contributed by atoms with Gasteiger partial charge in [0, 0.05) is 24.3 Å². The van der Waals surface area contributed by atoms with E-state index in [1.54, 1.807) is 6.07 Å². The van der Waals surface area contributed by atoms with Crippen molar-refractivity contribution in [2.24, 2.45) is 0 Å². The van der Waals surface area contributed by atoms with Gasteiger partial charge in [-0.3, -0.25) is 0 Å². The first-order chi connectivity index (χ1) is 8.03. The molecule has 1 aliphatic rings. The van der Waals surface area contributed by atoms with Crippen LogP contribution in [0.2, 0.25) is 0 Å². The lowest BCUT2D eigenvalue weighted by Gasteiger charge is -2.29. The SMILES string of the molecule is CC1OCCC1(C)NCc1cccc(F)c1F. The molecule has 1 heterocycles. The van der Waals surface area contributed by atoms with E-state index in [4.69, 9.17) is 4.74 Å². The number of nitrogens with one attached hydrogen (secondary N) is 1. The first-order valence-electron chi connectivity index (χ1n) is 5.82. The zero-order chi connectivity index (χ0) is 12.5. The van der Waals surface area contributed by atoms with Crippen LogP contribution in [0.3, 0.4) is 0 Å². The summed E-state index contributed by atoms with van der Waals surface area (Å²) >= 11 is 0. The zero-order valence-electron chi connectivity index (χ0n) is 10.1. The van der Waals surface area contributed by atoms with Crippen LogP contribution in [-0.2, 0) is 11.3 Å². The zero-order valence-corrected chi connectivity index (χ0v) is 10.1. The maximum Gasteiger partial charge on any atom is 0.163 e. The molecule has 0 bridgehead atoms. The van der Waals surface area contributed by atoms with Crippen LogP contribution < -0.4 is 5.32 Å². The lowest BCUT2D eigenvalue weighted by atomic mass is 9.94. The molecule has 1 fully saturated rings. The third-order valence-corrected chi connectivity index (χ3v) is 3.60. The lowest BCUT2D eigenvalue weighted by molar-refractivity contribution is 0.0880. The quantitative estimate of drug-likeness (QED) is 0.878. The van der Waals surface area contributed by atoms with Gasteiger partial charge in [-0.2, -0.15) is 0 Å². The van der Waals surface area contributed by atoms with Crippen molar-refractivity contribution < 1.29 is 13.5 Å². The molecule has 2 rings (SSSR count). The van der Waals surface area contributed by atoms with Gasteiger partial charge in [0.15, 0.2) is 11.6 Å². The molecule has 0 aliphatic carbocycles. The Kier molecular flexibility index (Phi) is 3.45. The number of halogens is 2. The van der Waals surface area contributed by atoms with Crippen molar-refractivity contribution in [1.29, 1.82) is 0 Å². The molecule has 0 radical (unpaired) electrons. The molecule has 94 valence electrons. The average Bonchev–Trinajstić information content (AvgIpc) is 2.62. The highest BCUT2D eigenvalue weighted by atomic mass is 19.2. The van der Waals surface area contributed by atoms with Crippen LogP contribution >= 0.6 is 0 Å². The van der Waals surface area contributed by atoms with E-state index in [1.165, 1.54) is 6.07 Å². The Bertz CT molecular complexity index is 410. The molecule has 0 saturated carbocycles. The monoisotopic (exact) mass is 241 g/mol. The van der Waals surface area contributed by atoms with Gasteiger partial charge in [-0.1, -0.05) is 12.1 Å². The minimum atomic E-state index is -0.801. The molecule has 1 aromatic carbocycles. The Morgan fingerprint density at radius 2 is 2.24 bits per heavy atom. The normalized spacial score (nSPS) is 28.6. The molecule has 1 N–H and O–H groups in total. The molecule has 2 nitrogen and oxygen atoms in total. The van der Waals surface area contributed by atoms with Crippen LogP contribution in [0.4, 0.5) is 8.78 Å². The Labute approximate surface area is 100.0 Å². The maximum atomic E-state index is 13.5. The van der Waals surface area contributed by atoms with Crippen LogP contribution in [0.5, 0.6) is 0 Å². The molecule has 2 atom stereocenters. The first-order valence-corrected chi connectivity index (χ1v) is 5.82. The van der Waals surface area contributed by atoms with Gasteiger partial charge in [0.25, 0.3) is 0 Å². The summed E-state index contributed by atoms with van der Waals surface area (Å²) in [6.07, 6.45) is 0.963. The lowest BCUT2D eigenvalue weighted by Crippen LogP contribution is -2.47. The van der Waals surface area contributed by atoms with Gasteiger partial charge in [-0.15, -0.1) is 0 Å². The third-order valence-electron chi connectivity index (χ3n) is 3.60. The summed E-state index contributed by atoms with van der Waals surface area (Å²) in [6.45, 7) is 5.05. The molecule has 1 saturated heterocycles. The third kappa shape index (κ3) is 2.48. The van der Waals surface area contributed by atoms with Crippen molar-refractivity contribution in [3.8, 4) is 0 Å². The van der Waals surface area contributed by atoms with Gasteiger partial charge in [0.1, 0.15) is 0 Å². The molecule has 1 aliphatic heterocycles. The molecule has 4 heteroatoms. The first kappa shape index (κ1) is 12.5. The van der Waals surface area contributed by atoms with Gasteiger partial charge in [-0.05, 0) is 26.3 Å². The predicted octanol–water partition coefficient (Wildman–Crippen LogP) is 2.62. The van der Waals surface area contributed by atoms with E-state index in [9.17, 15) is 8.78 Å². The molecule has 0 amide bonds. The molecule has 17 heavy (non-hydrogen) atoms. The summed E-state index contributed by atoms with van der Waals surface area (Å²) in [7, 11) is 0. The summed E-state index contributed by atoms with van der Waals surface area (Å²) in [5, 5.41) is 3.26. The summed E-state index contributed by atoms with van der Waals surface area (Å²) < 4.78 is 32.0. The highest BCUT2D eigenvalue weighted by Crippen LogP contribution is 2.25. The number of benzene rings is 1. The van der Waals surface area contributed by atoms with Crippen LogP contribution in [0.15, 0.2) is 18.2 Å². The summed E-state index contributed by atoms with van der Waals surface area (Å²) in [6, 6.07) is 4.24. The van der Waals surface area contributed by atoms with E-state index >= 15 is 0 Å². The van der Waals surface area contributed by atoms with Crippen molar-refractivity contribution in [2.45, 2.75) is 38.5 Å². The van der Waals surface area contributed by atoms with Crippen molar-refractivity contribution >= 4 is 0 Å². The van der Waals surface area contributed by atoms with E-state index in [0.717, 1.165) is 12.5 Å². The second-order valence-electron chi connectivity index (χ2n) is 4.75. The summed E-state index contributed by atoms with van der Waals surface area (Å²) in [4.78, 5) is 0. The fraction of sp³-hybridized carbons (Fsp3) is 0.538. The Morgan fingerprint density at radius 1 is 1.47 bits per heavy atom. The van der Waals surface area contributed by atoms with E-state index in [1.807, 2.05) is 13.8 Å².